The van der Waals surface area contributed by atoms with Crippen molar-refractivity contribution in [2.24, 2.45) is 5.41 Å². The third-order valence-electron chi connectivity index (χ3n) is 2.07. The van der Waals surface area contributed by atoms with Gasteiger partial charge in [-0.05, 0) is 13.0 Å². The molecule has 0 spiro atoms. The van der Waals surface area contributed by atoms with Gasteiger partial charge in [-0.3, -0.25) is 4.79 Å². The van der Waals surface area contributed by atoms with Gasteiger partial charge in [0.1, 0.15) is 5.15 Å². The molecule has 0 aromatic carbocycles. The van der Waals surface area contributed by atoms with E-state index in [2.05, 4.69) is 10.3 Å². The van der Waals surface area contributed by atoms with Crippen molar-refractivity contribution in [3.05, 3.63) is 23.0 Å². The molecule has 0 aliphatic heterocycles. The summed E-state index contributed by atoms with van der Waals surface area (Å²) in [6, 6.07) is 1.74. The fourth-order valence-electron chi connectivity index (χ4n) is 0.955. The second-order valence-corrected chi connectivity index (χ2v) is 4.84. The third kappa shape index (κ3) is 2.93. The maximum absolute atomic E-state index is 11.7. The van der Waals surface area contributed by atoms with E-state index in [1.165, 1.54) is 0 Å². The fraction of sp³-hybridized carbons (Fsp3) is 0.455. The summed E-state index contributed by atoms with van der Waals surface area (Å²) in [6.07, 6.45) is 1.58. The standard InChI is InChI=1S/C11H15ClN2O/c1-7-8(5-6-13-9(7)12)14-10(15)11(2,3)4/h5-6H,1-4H3,(H,13,14,15). The highest BCUT2D eigenvalue weighted by Gasteiger charge is 2.21. The monoisotopic (exact) mass is 226 g/mol. The average Bonchev–Trinajstić information content (AvgIpc) is 2.11. The molecule has 1 aromatic rings. The summed E-state index contributed by atoms with van der Waals surface area (Å²) in [5.41, 5.74) is 1.09. The molecule has 1 rings (SSSR count). The molecule has 0 radical (unpaired) electrons. The zero-order chi connectivity index (χ0) is 11.6. The van der Waals surface area contributed by atoms with Crippen molar-refractivity contribution in [3.8, 4) is 0 Å². The van der Waals surface area contributed by atoms with E-state index in [1.54, 1.807) is 12.3 Å². The molecule has 82 valence electrons. The first-order valence-corrected chi connectivity index (χ1v) is 5.12. The van der Waals surface area contributed by atoms with Crippen LogP contribution in [-0.4, -0.2) is 10.9 Å². The lowest BCUT2D eigenvalue weighted by Gasteiger charge is -2.18. The van der Waals surface area contributed by atoms with Gasteiger partial charge in [-0.2, -0.15) is 0 Å². The molecule has 1 aromatic heterocycles. The average molecular weight is 227 g/mol. The lowest BCUT2D eigenvalue weighted by atomic mass is 9.95. The van der Waals surface area contributed by atoms with E-state index in [0.29, 0.717) is 5.15 Å². The van der Waals surface area contributed by atoms with E-state index < -0.39 is 5.41 Å². The van der Waals surface area contributed by atoms with Crippen molar-refractivity contribution >= 4 is 23.2 Å². The van der Waals surface area contributed by atoms with Crippen LogP contribution in [0.15, 0.2) is 12.3 Å². The number of nitrogens with zero attached hydrogens (tertiary/aromatic N) is 1. The van der Waals surface area contributed by atoms with Gasteiger partial charge in [0.2, 0.25) is 5.91 Å². The van der Waals surface area contributed by atoms with Gasteiger partial charge in [0.15, 0.2) is 0 Å². The fourth-order valence-corrected chi connectivity index (χ4v) is 1.11. The van der Waals surface area contributed by atoms with Gasteiger partial charge in [-0.1, -0.05) is 32.4 Å². The summed E-state index contributed by atoms with van der Waals surface area (Å²) in [4.78, 5) is 15.6. The van der Waals surface area contributed by atoms with Crippen LogP contribution in [0.5, 0.6) is 0 Å². The van der Waals surface area contributed by atoms with Crippen molar-refractivity contribution in [3.63, 3.8) is 0 Å². The zero-order valence-electron chi connectivity index (χ0n) is 9.39. The van der Waals surface area contributed by atoms with Gasteiger partial charge < -0.3 is 5.32 Å². The summed E-state index contributed by atoms with van der Waals surface area (Å²) in [6.45, 7) is 7.41. The minimum atomic E-state index is -0.414. The molecule has 1 amide bonds. The normalized spacial score (nSPS) is 11.3. The molecule has 3 nitrogen and oxygen atoms in total. The molecular weight excluding hydrogens is 212 g/mol. The molecule has 1 N–H and O–H groups in total. The molecule has 0 saturated heterocycles. The smallest absolute Gasteiger partial charge is 0.229 e. The van der Waals surface area contributed by atoms with Crippen molar-refractivity contribution in [1.29, 1.82) is 0 Å². The van der Waals surface area contributed by atoms with E-state index in [1.807, 2.05) is 27.7 Å². The number of carbonyl (C=O) groups excluding carboxylic acids is 1. The van der Waals surface area contributed by atoms with Gasteiger partial charge in [-0.15, -0.1) is 0 Å². The summed E-state index contributed by atoms with van der Waals surface area (Å²) in [5.74, 6) is -0.0344. The summed E-state index contributed by atoms with van der Waals surface area (Å²) in [5, 5.41) is 3.25. The molecule has 0 atom stereocenters. The molecule has 1 heterocycles. The number of pyridine rings is 1. The van der Waals surface area contributed by atoms with Crippen LogP contribution in [0.3, 0.4) is 0 Å². The van der Waals surface area contributed by atoms with Crippen LogP contribution in [0, 0.1) is 12.3 Å². The predicted molar refractivity (Wildman–Crippen MR) is 62.1 cm³/mol. The second kappa shape index (κ2) is 4.19. The van der Waals surface area contributed by atoms with Crippen LogP contribution in [0.25, 0.3) is 0 Å². The summed E-state index contributed by atoms with van der Waals surface area (Å²) < 4.78 is 0. The molecule has 0 aliphatic carbocycles. The van der Waals surface area contributed by atoms with Crippen LogP contribution >= 0.6 is 11.6 Å². The molecule has 0 aliphatic rings. The lowest BCUT2D eigenvalue weighted by Crippen LogP contribution is -2.27. The van der Waals surface area contributed by atoms with Crippen molar-refractivity contribution < 1.29 is 4.79 Å². The molecule has 0 fully saturated rings. The number of hydrogen-bond acceptors (Lipinski definition) is 2. The summed E-state index contributed by atoms with van der Waals surface area (Å²) in [7, 11) is 0. The zero-order valence-corrected chi connectivity index (χ0v) is 10.1. The first-order chi connectivity index (χ1) is 6.82. The van der Waals surface area contributed by atoms with Crippen LogP contribution in [0.4, 0.5) is 5.69 Å². The molecule has 15 heavy (non-hydrogen) atoms. The Morgan fingerprint density at radius 3 is 2.60 bits per heavy atom. The molecular formula is C11H15ClN2O. The quantitative estimate of drug-likeness (QED) is 0.748. The Morgan fingerprint density at radius 2 is 2.07 bits per heavy atom. The number of hydrogen-bond donors (Lipinski definition) is 1. The highest BCUT2D eigenvalue weighted by atomic mass is 35.5. The van der Waals surface area contributed by atoms with E-state index in [9.17, 15) is 4.79 Å². The Labute approximate surface area is 94.9 Å². The van der Waals surface area contributed by atoms with Gasteiger partial charge in [0, 0.05) is 22.9 Å². The number of nitrogens with one attached hydrogen (secondary N) is 1. The minimum absolute atomic E-state index is 0.0344. The van der Waals surface area contributed by atoms with Crippen molar-refractivity contribution in [1.82, 2.24) is 4.98 Å². The summed E-state index contributed by atoms with van der Waals surface area (Å²) >= 11 is 5.85. The van der Waals surface area contributed by atoms with E-state index >= 15 is 0 Å². The van der Waals surface area contributed by atoms with Gasteiger partial charge >= 0.3 is 0 Å². The van der Waals surface area contributed by atoms with Gasteiger partial charge in [0.05, 0.1) is 0 Å². The van der Waals surface area contributed by atoms with E-state index in [4.69, 9.17) is 11.6 Å². The van der Waals surface area contributed by atoms with Crippen molar-refractivity contribution in [2.45, 2.75) is 27.7 Å². The third-order valence-corrected chi connectivity index (χ3v) is 2.45. The lowest BCUT2D eigenvalue weighted by molar-refractivity contribution is -0.123. The topological polar surface area (TPSA) is 42.0 Å². The second-order valence-electron chi connectivity index (χ2n) is 4.48. The number of rotatable bonds is 1. The maximum atomic E-state index is 11.7. The van der Waals surface area contributed by atoms with E-state index in [-0.39, 0.29) is 5.91 Å². The van der Waals surface area contributed by atoms with Crippen LogP contribution in [-0.2, 0) is 4.79 Å². The largest absolute Gasteiger partial charge is 0.325 e. The molecule has 4 heteroatoms. The number of amides is 1. The maximum Gasteiger partial charge on any atom is 0.229 e. The molecule has 0 unspecified atom stereocenters. The first-order valence-electron chi connectivity index (χ1n) is 4.75. The Bertz CT molecular complexity index is 383. The molecule has 0 saturated carbocycles. The molecule has 0 bridgehead atoms. The van der Waals surface area contributed by atoms with Crippen LogP contribution in [0.2, 0.25) is 5.15 Å². The Balaban J connectivity index is 2.91. The number of aromatic nitrogens is 1. The number of carbonyl (C=O) groups is 1. The first kappa shape index (κ1) is 12.0. The van der Waals surface area contributed by atoms with Crippen LogP contribution in [0.1, 0.15) is 26.3 Å². The van der Waals surface area contributed by atoms with Gasteiger partial charge in [-0.25, -0.2) is 4.98 Å². The Hall–Kier alpha value is -1.09. The minimum Gasteiger partial charge on any atom is -0.325 e. The highest BCUT2D eigenvalue weighted by molar-refractivity contribution is 6.30. The van der Waals surface area contributed by atoms with Crippen LogP contribution < -0.4 is 5.32 Å². The Kier molecular flexibility index (Phi) is 3.35. The SMILES string of the molecule is Cc1c(NC(=O)C(C)(C)C)ccnc1Cl. The Morgan fingerprint density at radius 1 is 1.47 bits per heavy atom. The van der Waals surface area contributed by atoms with Crippen molar-refractivity contribution in [2.75, 3.05) is 5.32 Å². The predicted octanol–water partition coefficient (Wildman–Crippen LogP) is 3.03. The number of halogens is 1. The van der Waals surface area contributed by atoms with E-state index in [0.717, 1.165) is 11.3 Å². The highest BCUT2D eigenvalue weighted by Crippen LogP contribution is 2.23. The van der Waals surface area contributed by atoms with Gasteiger partial charge in [0.25, 0.3) is 0 Å². The number of anilines is 1.